The van der Waals surface area contributed by atoms with Crippen LogP contribution >= 0.6 is 11.6 Å². The van der Waals surface area contributed by atoms with Crippen LogP contribution in [0.15, 0.2) is 0 Å². The van der Waals surface area contributed by atoms with Crippen LogP contribution in [0.25, 0.3) is 0 Å². The zero-order valence-corrected chi connectivity index (χ0v) is 3.04. The zero-order chi connectivity index (χ0) is 3.58. The van der Waals surface area contributed by atoms with Gasteiger partial charge in [-0.25, -0.2) is 0 Å². The first-order valence-electron chi connectivity index (χ1n) is 0.893. The lowest BCUT2D eigenvalue weighted by atomic mass is 10.3. The summed E-state index contributed by atoms with van der Waals surface area (Å²) in [5.74, 6) is 0. The molecule has 0 aliphatic rings. The van der Waals surface area contributed by atoms with Crippen molar-refractivity contribution in [2.45, 2.75) is 6.92 Å². The molecule has 0 saturated heterocycles. The van der Waals surface area contributed by atoms with Gasteiger partial charge in [-0.1, -0.05) is 0 Å². The molecular weight excluding hydrogens is 74.5 g/mol. The molecule has 0 saturated carbocycles. The molecule has 4 heavy (non-hydrogen) atoms. The molecule has 0 aliphatic heterocycles. The first-order chi connectivity index (χ1) is 1.73. The number of halogens is 1. The molecule has 0 aromatic heterocycles. The molecule has 0 aliphatic carbocycles. The Morgan fingerprint density at radius 1 is 2.00 bits per heavy atom. The fourth-order valence-electron chi connectivity index (χ4n) is 0. The highest BCUT2D eigenvalue weighted by Gasteiger charge is 1.67. The molecule has 0 spiro atoms. The fraction of sp³-hybridized carbons (Fsp3) is 0.500. The molecule has 1 nitrogen and oxygen atoms in total. The van der Waals surface area contributed by atoms with Crippen LogP contribution in [0.5, 0.6) is 0 Å². The van der Waals surface area contributed by atoms with E-state index in [2.05, 4.69) is 11.6 Å². The van der Waals surface area contributed by atoms with Crippen LogP contribution in [0.4, 0.5) is 0 Å². The number of carbonyl (C=O) groups excluding carboxylic acids is 1. The smallest absolute Gasteiger partial charge is 0.218 e. The van der Waals surface area contributed by atoms with Crippen LogP contribution in [0, 0.1) is 0 Å². The Morgan fingerprint density at radius 2 is 2.00 bits per heavy atom. The molecule has 0 rings (SSSR count). The van der Waals surface area contributed by atoms with Crippen LogP contribution < -0.4 is 0 Å². The lowest BCUT2D eigenvalue weighted by Crippen LogP contribution is -1.62. The minimum absolute atomic E-state index is 0.361. The van der Waals surface area contributed by atoms with E-state index in [0.717, 1.165) is 0 Å². The first-order valence-corrected chi connectivity index (χ1v) is 1.27. The van der Waals surface area contributed by atoms with Gasteiger partial charge in [-0.2, -0.15) is 0 Å². The lowest BCUT2D eigenvalue weighted by Gasteiger charge is -1.52. The van der Waals surface area contributed by atoms with Gasteiger partial charge in [0.15, 0.2) is 0 Å². The molecule has 0 atom stereocenters. The van der Waals surface area contributed by atoms with E-state index in [1.165, 1.54) is 6.92 Å². The summed E-state index contributed by atoms with van der Waals surface area (Å²) in [4.78, 5) is 9.21. The quantitative estimate of drug-likeness (QED) is 0.391. The average molecular weight is 77.5 g/mol. The van der Waals surface area contributed by atoms with Gasteiger partial charge in [0.05, 0.1) is 0 Å². The molecule has 0 heterocycles. The van der Waals surface area contributed by atoms with E-state index in [1.54, 1.807) is 0 Å². The van der Waals surface area contributed by atoms with Crippen LogP contribution in [0.2, 0.25) is 0 Å². The van der Waals surface area contributed by atoms with Crippen molar-refractivity contribution in [3.8, 4) is 0 Å². The van der Waals surface area contributed by atoms with Gasteiger partial charge in [0, 0.05) is 6.92 Å². The molecule has 0 aromatic carbocycles. The molecule has 2 heteroatoms. The largest absolute Gasteiger partial charge is 0.282 e. The molecule has 24 valence electrons. The van der Waals surface area contributed by atoms with E-state index >= 15 is 0 Å². The molecule has 0 N–H and O–H groups in total. The highest BCUT2D eigenvalue weighted by atomic mass is 35.5. The Balaban J connectivity index is 2.80. The number of rotatable bonds is 0. The minimum atomic E-state index is -0.361. The van der Waals surface area contributed by atoms with E-state index in [0.29, 0.717) is 0 Å². The summed E-state index contributed by atoms with van der Waals surface area (Å²) in [7, 11) is 0. The van der Waals surface area contributed by atoms with Gasteiger partial charge in [0.25, 0.3) is 0 Å². The van der Waals surface area contributed by atoms with Gasteiger partial charge in [-0.05, 0) is 11.6 Å². The minimum Gasteiger partial charge on any atom is -0.282 e. The van der Waals surface area contributed by atoms with Crippen LogP contribution in [-0.2, 0) is 4.79 Å². The summed E-state index contributed by atoms with van der Waals surface area (Å²) in [6, 6.07) is 0. The summed E-state index contributed by atoms with van der Waals surface area (Å²) in [6.07, 6.45) is 0. The SMILES string of the molecule is C[11C](=O)Cl. The van der Waals surface area contributed by atoms with Crippen LogP contribution in [-0.4, -0.2) is 5.24 Å². The molecule has 0 amide bonds. The third kappa shape index (κ3) is 1130. The number of hydrogen-bond acceptors (Lipinski definition) is 1. The Morgan fingerprint density at radius 3 is 2.00 bits per heavy atom. The maximum atomic E-state index is 9.21. The number of carbonyl (C=O) groups is 1. The maximum Gasteiger partial charge on any atom is 0.218 e. The Kier molecular flexibility index (Phi) is 1.28. The van der Waals surface area contributed by atoms with Crippen molar-refractivity contribution in [3.05, 3.63) is 0 Å². The summed E-state index contributed by atoms with van der Waals surface area (Å²) in [6.45, 7) is 1.29. The van der Waals surface area contributed by atoms with E-state index < -0.39 is 0 Å². The van der Waals surface area contributed by atoms with Gasteiger partial charge in [-0.15, -0.1) is 0 Å². The highest BCUT2D eigenvalue weighted by Crippen LogP contribution is 1.67. The first kappa shape index (κ1) is 3.96. The Bertz CT molecular complexity index is 29.0. The fourth-order valence-corrected chi connectivity index (χ4v) is 0. The van der Waals surface area contributed by atoms with Gasteiger partial charge in [-0.3, -0.25) is 4.79 Å². The lowest BCUT2D eigenvalue weighted by molar-refractivity contribution is -0.109. The monoisotopic (exact) mass is 77.0 g/mol. The van der Waals surface area contributed by atoms with Crippen LogP contribution in [0.1, 0.15) is 6.92 Å². The molecule has 0 unspecified atom stereocenters. The van der Waals surface area contributed by atoms with Gasteiger partial charge in [0.2, 0.25) is 5.24 Å². The van der Waals surface area contributed by atoms with Crippen LogP contribution in [0.3, 0.4) is 0 Å². The van der Waals surface area contributed by atoms with E-state index in [9.17, 15) is 4.79 Å². The van der Waals surface area contributed by atoms with Crippen molar-refractivity contribution in [3.63, 3.8) is 0 Å². The summed E-state index contributed by atoms with van der Waals surface area (Å²) >= 11 is 4.64. The zero-order valence-electron chi connectivity index (χ0n) is 2.29. The van der Waals surface area contributed by atoms with E-state index in [-0.39, 0.29) is 5.24 Å². The molecule has 0 fully saturated rings. The third-order valence-corrected chi connectivity index (χ3v) is 0. The molecular formula is C2H3ClO. The topological polar surface area (TPSA) is 17.1 Å². The van der Waals surface area contributed by atoms with Gasteiger partial charge < -0.3 is 0 Å². The van der Waals surface area contributed by atoms with Gasteiger partial charge in [0.1, 0.15) is 0 Å². The third-order valence-electron chi connectivity index (χ3n) is 0. The van der Waals surface area contributed by atoms with Crippen molar-refractivity contribution in [1.29, 1.82) is 0 Å². The van der Waals surface area contributed by atoms with Crippen molar-refractivity contribution in [2.24, 2.45) is 0 Å². The Hall–Kier alpha value is -0.0400. The average Bonchev–Trinajstić information content (AvgIpc) is 0.811. The summed E-state index contributed by atoms with van der Waals surface area (Å²) in [5.41, 5.74) is 0. The highest BCUT2D eigenvalue weighted by molar-refractivity contribution is 6.62. The number of hydrogen-bond donors (Lipinski definition) is 0. The van der Waals surface area contributed by atoms with E-state index in [1.807, 2.05) is 0 Å². The normalized spacial score (nSPS) is 6.50. The molecule has 0 radical (unpaired) electrons. The van der Waals surface area contributed by atoms with Gasteiger partial charge >= 0.3 is 0 Å². The van der Waals surface area contributed by atoms with Crippen molar-refractivity contribution >= 4 is 16.8 Å². The molecule has 0 bridgehead atoms. The van der Waals surface area contributed by atoms with Crippen molar-refractivity contribution < 1.29 is 4.79 Å². The second-order valence-corrected chi connectivity index (χ2v) is 1.00. The second-order valence-electron chi connectivity index (χ2n) is 0.470. The second kappa shape index (κ2) is 1.30. The molecule has 0 aromatic rings. The Labute approximate surface area is 29.6 Å². The predicted octanol–water partition coefficient (Wildman–Crippen LogP) is 0.772. The van der Waals surface area contributed by atoms with E-state index in [4.69, 9.17) is 0 Å². The summed E-state index contributed by atoms with van der Waals surface area (Å²) < 4.78 is 0. The summed E-state index contributed by atoms with van der Waals surface area (Å²) in [5, 5.41) is -0.361. The van der Waals surface area contributed by atoms with Crippen molar-refractivity contribution in [2.75, 3.05) is 0 Å². The van der Waals surface area contributed by atoms with Crippen molar-refractivity contribution in [1.82, 2.24) is 0 Å². The maximum absolute atomic E-state index is 9.21. The standard InChI is InChI=1S/C2H3ClO/c1-2(3)4/h1H3/i2-1. The predicted molar refractivity (Wildman–Crippen MR) is 16.5 cm³/mol.